The summed E-state index contributed by atoms with van der Waals surface area (Å²) >= 11 is 0. The first-order valence-electron chi connectivity index (χ1n) is 4.36. The fraction of sp³-hybridized carbons (Fsp3) is 0.300. The predicted octanol–water partition coefficient (Wildman–Crippen LogP) is 1.56. The number of hydrogen-bond donors (Lipinski definition) is 2. The zero-order valence-corrected chi connectivity index (χ0v) is 7.67. The quantitative estimate of drug-likeness (QED) is 0.714. The van der Waals surface area contributed by atoms with Gasteiger partial charge in [0.25, 0.3) is 0 Å². The van der Waals surface area contributed by atoms with Crippen molar-refractivity contribution in [2.24, 2.45) is 0 Å². The number of carbonyl (C=O) groups is 1. The Morgan fingerprint density at radius 1 is 1.64 bits per heavy atom. The van der Waals surface area contributed by atoms with Gasteiger partial charge in [-0.05, 0) is 30.2 Å². The minimum atomic E-state index is -0.902. The molecule has 14 heavy (non-hydrogen) atoms. The molecule has 0 saturated heterocycles. The SMILES string of the molecule is Cc1cc(F)cc2c1CC(C(=O)O)N2. The molecule has 1 aromatic carbocycles. The molecular weight excluding hydrogens is 185 g/mol. The van der Waals surface area contributed by atoms with E-state index in [1.54, 1.807) is 6.92 Å². The number of hydrogen-bond acceptors (Lipinski definition) is 2. The molecule has 0 aliphatic carbocycles. The van der Waals surface area contributed by atoms with Crippen LogP contribution in [0.25, 0.3) is 0 Å². The lowest BCUT2D eigenvalue weighted by molar-refractivity contribution is -0.137. The maximum absolute atomic E-state index is 13.0. The first-order chi connectivity index (χ1) is 6.58. The van der Waals surface area contributed by atoms with Crippen molar-refractivity contribution >= 4 is 11.7 Å². The molecule has 1 heterocycles. The molecular formula is C10H10FNO2. The van der Waals surface area contributed by atoms with Crippen LogP contribution < -0.4 is 5.32 Å². The topological polar surface area (TPSA) is 49.3 Å². The Kier molecular flexibility index (Phi) is 1.91. The lowest BCUT2D eigenvalue weighted by Gasteiger charge is -2.03. The third-order valence-corrected chi connectivity index (χ3v) is 2.47. The molecule has 1 aromatic rings. The number of benzene rings is 1. The molecule has 0 fully saturated rings. The Balaban J connectivity index is 2.39. The minimum Gasteiger partial charge on any atom is -0.480 e. The van der Waals surface area contributed by atoms with Gasteiger partial charge < -0.3 is 10.4 Å². The summed E-state index contributed by atoms with van der Waals surface area (Å²) in [5, 5.41) is 11.6. The number of rotatable bonds is 1. The standard InChI is InChI=1S/C10H10FNO2/c1-5-2-6(11)3-8-7(5)4-9(12-8)10(13)14/h2-3,9,12H,4H2,1H3,(H,13,14). The first kappa shape index (κ1) is 8.99. The fourth-order valence-corrected chi connectivity index (χ4v) is 1.76. The van der Waals surface area contributed by atoms with Gasteiger partial charge in [-0.2, -0.15) is 0 Å². The highest BCUT2D eigenvalue weighted by Crippen LogP contribution is 2.29. The van der Waals surface area contributed by atoms with Gasteiger partial charge >= 0.3 is 5.97 Å². The Hall–Kier alpha value is -1.58. The van der Waals surface area contributed by atoms with Crippen LogP contribution in [0.5, 0.6) is 0 Å². The molecule has 1 aliphatic rings. The molecule has 2 rings (SSSR count). The molecule has 74 valence electrons. The van der Waals surface area contributed by atoms with Crippen molar-refractivity contribution in [3.05, 3.63) is 29.1 Å². The van der Waals surface area contributed by atoms with Gasteiger partial charge in [-0.25, -0.2) is 9.18 Å². The van der Waals surface area contributed by atoms with E-state index in [2.05, 4.69) is 5.32 Å². The average molecular weight is 195 g/mol. The number of carboxylic acid groups (broad SMARTS) is 1. The maximum atomic E-state index is 13.0. The zero-order chi connectivity index (χ0) is 10.3. The molecule has 1 atom stereocenters. The summed E-state index contributed by atoms with van der Waals surface area (Å²) in [4.78, 5) is 10.7. The monoisotopic (exact) mass is 195 g/mol. The van der Waals surface area contributed by atoms with E-state index < -0.39 is 12.0 Å². The van der Waals surface area contributed by atoms with Crippen molar-refractivity contribution in [1.82, 2.24) is 0 Å². The summed E-state index contributed by atoms with van der Waals surface area (Å²) in [6.07, 6.45) is 0.427. The van der Waals surface area contributed by atoms with E-state index in [0.717, 1.165) is 11.1 Å². The zero-order valence-electron chi connectivity index (χ0n) is 7.67. The van der Waals surface area contributed by atoms with Gasteiger partial charge in [0.15, 0.2) is 0 Å². The molecule has 0 spiro atoms. The van der Waals surface area contributed by atoms with Crippen molar-refractivity contribution < 1.29 is 14.3 Å². The molecule has 0 amide bonds. The van der Waals surface area contributed by atoms with Gasteiger partial charge in [0.2, 0.25) is 0 Å². The van der Waals surface area contributed by atoms with Crippen molar-refractivity contribution in [1.29, 1.82) is 0 Å². The van der Waals surface area contributed by atoms with Crippen LogP contribution in [0.2, 0.25) is 0 Å². The van der Waals surface area contributed by atoms with Crippen molar-refractivity contribution in [3.8, 4) is 0 Å². The molecule has 1 unspecified atom stereocenters. The number of halogens is 1. The summed E-state index contributed by atoms with van der Waals surface area (Å²) in [5.41, 5.74) is 2.31. The summed E-state index contributed by atoms with van der Waals surface area (Å²) in [5.74, 6) is -1.24. The van der Waals surface area contributed by atoms with E-state index in [9.17, 15) is 9.18 Å². The van der Waals surface area contributed by atoms with E-state index >= 15 is 0 Å². The smallest absolute Gasteiger partial charge is 0.326 e. The summed E-state index contributed by atoms with van der Waals surface area (Å²) in [6.45, 7) is 1.79. The van der Waals surface area contributed by atoms with Crippen molar-refractivity contribution in [2.75, 3.05) is 5.32 Å². The summed E-state index contributed by atoms with van der Waals surface area (Å²) in [7, 11) is 0. The van der Waals surface area contributed by atoms with Gasteiger partial charge in [0, 0.05) is 12.1 Å². The highest BCUT2D eigenvalue weighted by atomic mass is 19.1. The Morgan fingerprint density at radius 3 is 3.00 bits per heavy atom. The van der Waals surface area contributed by atoms with E-state index in [1.807, 2.05) is 0 Å². The second-order valence-electron chi connectivity index (χ2n) is 3.49. The van der Waals surface area contributed by atoms with E-state index in [0.29, 0.717) is 12.1 Å². The van der Waals surface area contributed by atoms with Crippen molar-refractivity contribution in [2.45, 2.75) is 19.4 Å². The summed E-state index contributed by atoms with van der Waals surface area (Å²) < 4.78 is 13.0. The second kappa shape index (κ2) is 2.97. The van der Waals surface area contributed by atoms with E-state index in [-0.39, 0.29) is 5.82 Å². The van der Waals surface area contributed by atoms with Crippen LogP contribution in [-0.2, 0) is 11.2 Å². The Morgan fingerprint density at radius 2 is 2.36 bits per heavy atom. The van der Waals surface area contributed by atoms with Gasteiger partial charge in [0.05, 0.1) is 0 Å². The highest BCUT2D eigenvalue weighted by molar-refractivity contribution is 5.81. The first-order valence-corrected chi connectivity index (χ1v) is 4.36. The molecule has 0 bridgehead atoms. The number of aryl methyl sites for hydroxylation is 1. The molecule has 1 aliphatic heterocycles. The van der Waals surface area contributed by atoms with E-state index in [4.69, 9.17) is 5.11 Å². The Bertz CT molecular complexity index is 403. The number of carboxylic acids is 1. The van der Waals surface area contributed by atoms with Crippen LogP contribution in [0.4, 0.5) is 10.1 Å². The fourth-order valence-electron chi connectivity index (χ4n) is 1.76. The lowest BCUT2D eigenvalue weighted by Crippen LogP contribution is -2.26. The van der Waals surface area contributed by atoms with Gasteiger partial charge in [-0.3, -0.25) is 0 Å². The lowest BCUT2D eigenvalue weighted by atomic mass is 10.0. The van der Waals surface area contributed by atoms with Gasteiger partial charge in [0.1, 0.15) is 11.9 Å². The van der Waals surface area contributed by atoms with Gasteiger partial charge in [-0.15, -0.1) is 0 Å². The molecule has 0 radical (unpaired) electrons. The molecule has 2 N–H and O–H groups in total. The van der Waals surface area contributed by atoms with Crippen LogP contribution in [-0.4, -0.2) is 17.1 Å². The second-order valence-corrected chi connectivity index (χ2v) is 3.49. The highest BCUT2D eigenvalue weighted by Gasteiger charge is 2.27. The number of nitrogens with one attached hydrogen (secondary N) is 1. The average Bonchev–Trinajstić information content (AvgIpc) is 2.47. The van der Waals surface area contributed by atoms with Crippen LogP contribution >= 0.6 is 0 Å². The number of fused-ring (bicyclic) bond motifs is 1. The van der Waals surface area contributed by atoms with Crippen LogP contribution in [0, 0.1) is 12.7 Å². The van der Waals surface area contributed by atoms with Crippen LogP contribution in [0.15, 0.2) is 12.1 Å². The molecule has 4 heteroatoms. The molecule has 3 nitrogen and oxygen atoms in total. The predicted molar refractivity (Wildman–Crippen MR) is 49.9 cm³/mol. The third-order valence-electron chi connectivity index (χ3n) is 2.47. The van der Waals surface area contributed by atoms with Crippen LogP contribution in [0.1, 0.15) is 11.1 Å². The third kappa shape index (κ3) is 1.32. The largest absolute Gasteiger partial charge is 0.480 e. The number of aliphatic carboxylic acids is 1. The molecule has 0 saturated carbocycles. The summed E-state index contributed by atoms with van der Waals surface area (Å²) in [6, 6.07) is 2.14. The Labute approximate surface area is 80.6 Å². The minimum absolute atomic E-state index is 0.334. The van der Waals surface area contributed by atoms with Gasteiger partial charge in [-0.1, -0.05) is 0 Å². The normalized spacial score (nSPS) is 18.9. The van der Waals surface area contributed by atoms with E-state index in [1.165, 1.54) is 12.1 Å². The maximum Gasteiger partial charge on any atom is 0.326 e. The number of anilines is 1. The molecule has 0 aromatic heterocycles. The van der Waals surface area contributed by atoms with Crippen molar-refractivity contribution in [3.63, 3.8) is 0 Å². The van der Waals surface area contributed by atoms with Crippen LogP contribution in [0.3, 0.4) is 0 Å².